The lowest BCUT2D eigenvalue weighted by molar-refractivity contribution is -0.140. The predicted molar refractivity (Wildman–Crippen MR) is 107 cm³/mol. The molecule has 1 saturated heterocycles. The first-order chi connectivity index (χ1) is 12.9. The van der Waals surface area contributed by atoms with Crippen LogP contribution in [-0.2, 0) is 9.59 Å². The van der Waals surface area contributed by atoms with Gasteiger partial charge >= 0.3 is 0 Å². The Kier molecular flexibility index (Phi) is 6.58. The third-order valence-corrected chi connectivity index (χ3v) is 6.47. The number of rotatable bonds is 5. The van der Waals surface area contributed by atoms with E-state index in [0.717, 1.165) is 39.0 Å². The van der Waals surface area contributed by atoms with E-state index in [1.807, 2.05) is 18.7 Å². The normalized spacial score (nSPS) is 27.4. The van der Waals surface area contributed by atoms with Gasteiger partial charge in [0.25, 0.3) is 0 Å². The fourth-order valence-electron chi connectivity index (χ4n) is 4.63. The summed E-state index contributed by atoms with van der Waals surface area (Å²) in [6, 6.07) is 0.346. The van der Waals surface area contributed by atoms with E-state index in [1.54, 1.807) is 0 Å². The van der Waals surface area contributed by atoms with Gasteiger partial charge in [0.05, 0.1) is 12.0 Å². The largest absolute Gasteiger partial charge is 0.352 e. The second-order valence-electron chi connectivity index (χ2n) is 9.09. The molecule has 0 aromatic heterocycles. The molecule has 0 aromatic carbocycles. The van der Waals surface area contributed by atoms with Gasteiger partial charge in [0, 0.05) is 45.3 Å². The zero-order valence-electron chi connectivity index (χ0n) is 17.2. The standard InChI is InChI=1S/C21H36N4O2/c1-16-5-4-6-18(13-16)23-19(26)15-24-9-11-25(12-10-24)20(27)21(2,3)17-7-8-22-14-17/h7,16,18,22H,4-6,8-15H2,1-3H3,(H,23,26). The number of amides is 2. The number of carbonyl (C=O) groups is 2. The first kappa shape index (κ1) is 20.3. The highest BCUT2D eigenvalue weighted by Gasteiger charge is 2.37. The number of hydrogen-bond acceptors (Lipinski definition) is 4. The molecular weight excluding hydrogens is 340 g/mol. The van der Waals surface area contributed by atoms with Gasteiger partial charge < -0.3 is 15.5 Å². The molecule has 1 saturated carbocycles. The van der Waals surface area contributed by atoms with Crippen LogP contribution in [0.25, 0.3) is 0 Å². The van der Waals surface area contributed by atoms with Crippen molar-refractivity contribution in [3.05, 3.63) is 11.6 Å². The lowest BCUT2D eigenvalue weighted by Crippen LogP contribution is -2.54. The number of nitrogens with zero attached hydrogens (tertiary/aromatic N) is 2. The van der Waals surface area contributed by atoms with Gasteiger partial charge in [0.15, 0.2) is 0 Å². The smallest absolute Gasteiger partial charge is 0.234 e. The van der Waals surface area contributed by atoms with Crippen LogP contribution in [0.5, 0.6) is 0 Å². The van der Waals surface area contributed by atoms with Crippen LogP contribution < -0.4 is 10.6 Å². The molecule has 6 nitrogen and oxygen atoms in total. The summed E-state index contributed by atoms with van der Waals surface area (Å²) in [5.74, 6) is 1.06. The summed E-state index contributed by atoms with van der Waals surface area (Å²) in [4.78, 5) is 29.5. The van der Waals surface area contributed by atoms with Crippen molar-refractivity contribution < 1.29 is 9.59 Å². The summed E-state index contributed by atoms with van der Waals surface area (Å²) in [6.45, 7) is 11.4. The van der Waals surface area contributed by atoms with Crippen molar-refractivity contribution in [3.8, 4) is 0 Å². The van der Waals surface area contributed by atoms with Gasteiger partial charge in [-0.25, -0.2) is 0 Å². The molecule has 3 rings (SSSR count). The zero-order chi connectivity index (χ0) is 19.4. The molecule has 6 heteroatoms. The van der Waals surface area contributed by atoms with E-state index >= 15 is 0 Å². The van der Waals surface area contributed by atoms with Crippen molar-refractivity contribution in [2.24, 2.45) is 11.3 Å². The van der Waals surface area contributed by atoms with Gasteiger partial charge in [-0.05, 0) is 38.2 Å². The molecule has 27 heavy (non-hydrogen) atoms. The van der Waals surface area contributed by atoms with Crippen molar-refractivity contribution in [2.75, 3.05) is 45.8 Å². The molecule has 1 aliphatic carbocycles. The van der Waals surface area contributed by atoms with Crippen LogP contribution in [0.4, 0.5) is 0 Å². The highest BCUT2D eigenvalue weighted by molar-refractivity contribution is 5.85. The van der Waals surface area contributed by atoms with E-state index in [4.69, 9.17) is 0 Å². The molecule has 0 bridgehead atoms. The zero-order valence-corrected chi connectivity index (χ0v) is 17.2. The van der Waals surface area contributed by atoms with Crippen LogP contribution in [-0.4, -0.2) is 73.5 Å². The molecule has 2 atom stereocenters. The highest BCUT2D eigenvalue weighted by Crippen LogP contribution is 2.30. The average Bonchev–Trinajstić information content (AvgIpc) is 3.17. The Morgan fingerprint density at radius 2 is 1.96 bits per heavy atom. The fraction of sp³-hybridized carbons (Fsp3) is 0.810. The van der Waals surface area contributed by atoms with Crippen LogP contribution in [0.2, 0.25) is 0 Å². The van der Waals surface area contributed by atoms with Crippen LogP contribution in [0.3, 0.4) is 0 Å². The maximum atomic E-state index is 13.0. The maximum Gasteiger partial charge on any atom is 0.234 e. The summed E-state index contributed by atoms with van der Waals surface area (Å²) in [5.41, 5.74) is 0.747. The van der Waals surface area contributed by atoms with Gasteiger partial charge in [-0.15, -0.1) is 0 Å². The van der Waals surface area contributed by atoms with E-state index in [1.165, 1.54) is 18.4 Å². The van der Waals surface area contributed by atoms with Crippen molar-refractivity contribution >= 4 is 11.8 Å². The second kappa shape index (κ2) is 8.74. The van der Waals surface area contributed by atoms with Crippen LogP contribution in [0, 0.1) is 11.3 Å². The maximum absolute atomic E-state index is 13.0. The van der Waals surface area contributed by atoms with Crippen molar-refractivity contribution in [2.45, 2.75) is 52.5 Å². The molecule has 2 amide bonds. The quantitative estimate of drug-likeness (QED) is 0.712. The molecule has 0 spiro atoms. The molecular formula is C21H36N4O2. The SMILES string of the molecule is CC1CCCC(NC(=O)CN2CCN(C(=O)C(C)(C)C3=CCNC3)CC2)C1. The van der Waals surface area contributed by atoms with Gasteiger partial charge in [-0.2, -0.15) is 0 Å². The van der Waals surface area contributed by atoms with E-state index in [-0.39, 0.29) is 11.8 Å². The molecule has 2 N–H and O–H groups in total. The van der Waals surface area contributed by atoms with Crippen LogP contribution >= 0.6 is 0 Å². The Morgan fingerprint density at radius 3 is 2.59 bits per heavy atom. The Labute approximate surface area is 163 Å². The first-order valence-electron chi connectivity index (χ1n) is 10.6. The molecule has 2 heterocycles. The predicted octanol–water partition coefficient (Wildman–Crippen LogP) is 1.38. The van der Waals surface area contributed by atoms with E-state index < -0.39 is 5.41 Å². The van der Waals surface area contributed by atoms with Crippen molar-refractivity contribution in [1.29, 1.82) is 0 Å². The average molecular weight is 377 g/mol. The molecule has 2 fully saturated rings. The second-order valence-corrected chi connectivity index (χ2v) is 9.09. The third kappa shape index (κ3) is 5.11. The van der Waals surface area contributed by atoms with Gasteiger partial charge in [0.2, 0.25) is 11.8 Å². The minimum atomic E-state index is -0.444. The van der Waals surface area contributed by atoms with E-state index in [2.05, 4.69) is 28.5 Å². The Balaban J connectivity index is 1.43. The number of piperazine rings is 1. The lowest BCUT2D eigenvalue weighted by Gasteiger charge is -2.39. The van der Waals surface area contributed by atoms with Crippen molar-refractivity contribution in [3.63, 3.8) is 0 Å². The van der Waals surface area contributed by atoms with E-state index in [9.17, 15) is 9.59 Å². The minimum absolute atomic E-state index is 0.136. The molecule has 0 aromatic rings. The van der Waals surface area contributed by atoms with Gasteiger partial charge in [-0.1, -0.05) is 25.8 Å². The topological polar surface area (TPSA) is 64.7 Å². The third-order valence-electron chi connectivity index (χ3n) is 6.47. The summed E-state index contributed by atoms with van der Waals surface area (Å²) >= 11 is 0. The molecule has 2 aliphatic heterocycles. The number of carbonyl (C=O) groups excluding carboxylic acids is 2. The first-order valence-corrected chi connectivity index (χ1v) is 10.6. The fourth-order valence-corrected chi connectivity index (χ4v) is 4.63. The van der Waals surface area contributed by atoms with Gasteiger partial charge in [0.1, 0.15) is 0 Å². The summed E-state index contributed by atoms with van der Waals surface area (Å²) in [7, 11) is 0. The summed E-state index contributed by atoms with van der Waals surface area (Å²) in [5, 5.41) is 6.50. The monoisotopic (exact) mass is 376 g/mol. The molecule has 0 radical (unpaired) electrons. The Hall–Kier alpha value is -1.40. The lowest BCUT2D eigenvalue weighted by atomic mass is 9.83. The highest BCUT2D eigenvalue weighted by atomic mass is 16.2. The van der Waals surface area contributed by atoms with Crippen LogP contribution in [0.15, 0.2) is 11.6 Å². The van der Waals surface area contributed by atoms with Crippen LogP contribution in [0.1, 0.15) is 46.5 Å². The number of hydrogen-bond donors (Lipinski definition) is 2. The summed E-state index contributed by atoms with van der Waals surface area (Å²) < 4.78 is 0. The Bertz CT molecular complexity index is 579. The molecule has 3 aliphatic rings. The van der Waals surface area contributed by atoms with Gasteiger partial charge in [-0.3, -0.25) is 14.5 Å². The Morgan fingerprint density at radius 1 is 1.22 bits per heavy atom. The minimum Gasteiger partial charge on any atom is -0.352 e. The molecule has 152 valence electrons. The number of nitrogens with one attached hydrogen (secondary N) is 2. The van der Waals surface area contributed by atoms with E-state index in [0.29, 0.717) is 31.6 Å². The molecule has 2 unspecified atom stereocenters. The summed E-state index contributed by atoms with van der Waals surface area (Å²) in [6.07, 6.45) is 6.86. The van der Waals surface area contributed by atoms with Crippen molar-refractivity contribution in [1.82, 2.24) is 20.4 Å².